The predicted molar refractivity (Wildman–Crippen MR) is 81.6 cm³/mol. The van der Waals surface area contributed by atoms with Crippen molar-refractivity contribution in [1.29, 1.82) is 0 Å². The van der Waals surface area contributed by atoms with Crippen molar-refractivity contribution in [1.82, 2.24) is 10.2 Å². The number of piperidine rings is 1. The van der Waals surface area contributed by atoms with Crippen LogP contribution in [-0.2, 0) is 4.79 Å². The number of nitrogens with one attached hydrogen (secondary N) is 2. The molecule has 0 atom stereocenters. The molecule has 1 saturated heterocycles. The lowest BCUT2D eigenvalue weighted by Gasteiger charge is -2.26. The van der Waals surface area contributed by atoms with Crippen LogP contribution in [0.3, 0.4) is 0 Å². The second-order valence-electron chi connectivity index (χ2n) is 4.87. The number of hydrogen-bond donors (Lipinski definition) is 2. The fraction of sp³-hybridized carbons (Fsp3) is 0.429. The van der Waals surface area contributed by atoms with Crippen molar-refractivity contribution in [3.63, 3.8) is 0 Å². The molecule has 3 amide bonds. The molecule has 114 valence electrons. The Labute approximate surface area is 131 Å². The molecule has 1 fully saturated rings. The Bertz CT molecular complexity index is 533. The lowest BCUT2D eigenvalue weighted by Crippen LogP contribution is -2.43. The predicted octanol–water partition coefficient (Wildman–Crippen LogP) is 2.72. The maximum Gasteiger partial charge on any atom is 0.319 e. The Hall–Kier alpha value is -1.63. The Morgan fingerprint density at radius 2 is 1.95 bits per heavy atom. The number of urea groups is 1. The fourth-order valence-corrected chi connectivity index (χ4v) is 2.62. The lowest BCUT2D eigenvalue weighted by atomic mass is 10.1. The van der Waals surface area contributed by atoms with Gasteiger partial charge in [-0.15, -0.1) is 0 Å². The maximum absolute atomic E-state index is 12.9. The first-order chi connectivity index (χ1) is 10.1. The van der Waals surface area contributed by atoms with E-state index in [0.29, 0.717) is 10.2 Å². The van der Waals surface area contributed by atoms with Crippen molar-refractivity contribution in [2.75, 3.05) is 25.0 Å². The zero-order valence-electron chi connectivity index (χ0n) is 11.5. The van der Waals surface area contributed by atoms with Crippen LogP contribution in [0.25, 0.3) is 0 Å². The quantitative estimate of drug-likeness (QED) is 0.873. The third kappa shape index (κ3) is 4.70. The molecule has 2 rings (SSSR count). The van der Waals surface area contributed by atoms with Crippen LogP contribution in [0.1, 0.15) is 19.3 Å². The van der Waals surface area contributed by atoms with Crippen molar-refractivity contribution in [2.24, 2.45) is 0 Å². The molecule has 0 spiro atoms. The molecule has 0 aliphatic carbocycles. The highest BCUT2D eigenvalue weighted by Gasteiger charge is 2.17. The third-order valence-corrected chi connectivity index (χ3v) is 3.94. The average Bonchev–Trinajstić information content (AvgIpc) is 2.48. The van der Waals surface area contributed by atoms with E-state index in [9.17, 15) is 14.0 Å². The minimum absolute atomic E-state index is 0.0371. The van der Waals surface area contributed by atoms with Gasteiger partial charge in [-0.25, -0.2) is 9.18 Å². The second kappa shape index (κ2) is 7.40. The Morgan fingerprint density at radius 3 is 2.62 bits per heavy atom. The first kappa shape index (κ1) is 15.8. The normalized spacial score (nSPS) is 14.7. The average molecular weight is 358 g/mol. The monoisotopic (exact) mass is 357 g/mol. The number of hydrogen-bond acceptors (Lipinski definition) is 2. The molecule has 0 aromatic heterocycles. The summed E-state index contributed by atoms with van der Waals surface area (Å²) in [5, 5.41) is 5.08. The Balaban J connectivity index is 1.80. The van der Waals surface area contributed by atoms with Gasteiger partial charge in [-0.2, -0.15) is 0 Å². The topological polar surface area (TPSA) is 61.4 Å². The molecule has 0 bridgehead atoms. The van der Waals surface area contributed by atoms with Crippen LogP contribution in [0.5, 0.6) is 0 Å². The van der Waals surface area contributed by atoms with Gasteiger partial charge in [0.1, 0.15) is 5.82 Å². The number of benzene rings is 1. The standard InChI is InChI=1S/C14H17BrFN3O2/c15-11-8-10(16)4-5-12(11)18-14(21)17-9-13(20)19-6-2-1-3-7-19/h4-5,8H,1-3,6-7,9H2,(H2,17,18,21). The van der Waals surface area contributed by atoms with E-state index in [2.05, 4.69) is 26.6 Å². The minimum Gasteiger partial charge on any atom is -0.341 e. The summed E-state index contributed by atoms with van der Waals surface area (Å²) < 4.78 is 13.4. The molecule has 1 aromatic carbocycles. The molecule has 1 aliphatic rings. The van der Waals surface area contributed by atoms with Crippen LogP contribution < -0.4 is 10.6 Å². The molecule has 5 nitrogen and oxygen atoms in total. The van der Waals surface area contributed by atoms with Crippen molar-refractivity contribution >= 4 is 33.6 Å². The van der Waals surface area contributed by atoms with E-state index in [4.69, 9.17) is 0 Å². The van der Waals surface area contributed by atoms with Crippen LogP contribution in [0, 0.1) is 5.82 Å². The molecule has 2 N–H and O–H groups in total. The zero-order chi connectivity index (χ0) is 15.2. The fourth-order valence-electron chi connectivity index (χ4n) is 2.17. The van der Waals surface area contributed by atoms with Gasteiger partial charge >= 0.3 is 6.03 Å². The summed E-state index contributed by atoms with van der Waals surface area (Å²) in [4.78, 5) is 25.4. The number of halogens is 2. The molecule has 1 aromatic rings. The van der Waals surface area contributed by atoms with E-state index in [-0.39, 0.29) is 12.5 Å². The van der Waals surface area contributed by atoms with Crippen molar-refractivity contribution in [3.05, 3.63) is 28.5 Å². The third-order valence-electron chi connectivity index (χ3n) is 3.29. The number of likely N-dealkylation sites (tertiary alicyclic amines) is 1. The number of anilines is 1. The summed E-state index contributed by atoms with van der Waals surface area (Å²) in [5.41, 5.74) is 0.444. The minimum atomic E-state index is -0.493. The largest absolute Gasteiger partial charge is 0.341 e. The van der Waals surface area contributed by atoms with Gasteiger partial charge in [0, 0.05) is 17.6 Å². The summed E-state index contributed by atoms with van der Waals surface area (Å²) in [6.45, 7) is 1.47. The second-order valence-corrected chi connectivity index (χ2v) is 5.73. The molecular weight excluding hydrogens is 341 g/mol. The van der Waals surface area contributed by atoms with Gasteiger partial charge in [-0.1, -0.05) is 0 Å². The number of nitrogens with zero attached hydrogens (tertiary/aromatic N) is 1. The highest BCUT2D eigenvalue weighted by atomic mass is 79.9. The first-order valence-corrected chi connectivity index (χ1v) is 7.63. The number of amides is 3. The molecule has 0 radical (unpaired) electrons. The number of carbonyl (C=O) groups excluding carboxylic acids is 2. The number of rotatable bonds is 3. The molecule has 21 heavy (non-hydrogen) atoms. The van der Waals surface area contributed by atoms with Crippen LogP contribution >= 0.6 is 15.9 Å². The summed E-state index contributed by atoms with van der Waals surface area (Å²) in [7, 11) is 0. The smallest absolute Gasteiger partial charge is 0.319 e. The summed E-state index contributed by atoms with van der Waals surface area (Å²) >= 11 is 3.16. The Morgan fingerprint density at radius 1 is 1.24 bits per heavy atom. The zero-order valence-corrected chi connectivity index (χ0v) is 13.1. The van der Waals surface area contributed by atoms with Gasteiger partial charge in [0.05, 0.1) is 12.2 Å². The Kier molecular flexibility index (Phi) is 5.55. The summed E-state index contributed by atoms with van der Waals surface area (Å²) in [5.74, 6) is -0.476. The van der Waals surface area contributed by atoms with Gasteiger partial charge < -0.3 is 15.5 Å². The summed E-state index contributed by atoms with van der Waals surface area (Å²) in [6, 6.07) is 3.46. The first-order valence-electron chi connectivity index (χ1n) is 6.84. The van der Waals surface area contributed by atoms with E-state index < -0.39 is 11.8 Å². The highest BCUT2D eigenvalue weighted by molar-refractivity contribution is 9.10. The molecule has 7 heteroatoms. The molecular formula is C14H17BrFN3O2. The van der Waals surface area contributed by atoms with Gasteiger partial charge in [0.2, 0.25) is 5.91 Å². The summed E-state index contributed by atoms with van der Waals surface area (Å²) in [6.07, 6.45) is 3.18. The molecule has 0 unspecified atom stereocenters. The lowest BCUT2D eigenvalue weighted by molar-refractivity contribution is -0.130. The molecule has 1 heterocycles. The van der Waals surface area contributed by atoms with E-state index >= 15 is 0 Å². The van der Waals surface area contributed by atoms with E-state index in [1.54, 1.807) is 4.90 Å². The van der Waals surface area contributed by atoms with Crippen molar-refractivity contribution in [3.8, 4) is 0 Å². The van der Waals surface area contributed by atoms with Crippen LogP contribution in [0.4, 0.5) is 14.9 Å². The van der Waals surface area contributed by atoms with Gasteiger partial charge in [-0.05, 0) is 53.4 Å². The van der Waals surface area contributed by atoms with Crippen LogP contribution in [0.15, 0.2) is 22.7 Å². The van der Waals surface area contributed by atoms with E-state index in [1.165, 1.54) is 18.2 Å². The van der Waals surface area contributed by atoms with Gasteiger partial charge in [0.15, 0.2) is 0 Å². The van der Waals surface area contributed by atoms with Crippen LogP contribution in [0.2, 0.25) is 0 Å². The number of carbonyl (C=O) groups is 2. The van der Waals surface area contributed by atoms with Gasteiger partial charge in [0.25, 0.3) is 0 Å². The molecule has 1 aliphatic heterocycles. The van der Waals surface area contributed by atoms with E-state index in [0.717, 1.165) is 32.4 Å². The van der Waals surface area contributed by atoms with E-state index in [1.807, 2.05) is 0 Å². The van der Waals surface area contributed by atoms with Crippen LogP contribution in [-0.4, -0.2) is 36.5 Å². The maximum atomic E-state index is 12.9. The SMILES string of the molecule is O=C(NCC(=O)N1CCCCC1)Nc1ccc(F)cc1Br. The van der Waals surface area contributed by atoms with Crippen molar-refractivity contribution < 1.29 is 14.0 Å². The van der Waals surface area contributed by atoms with Gasteiger partial charge in [-0.3, -0.25) is 4.79 Å². The molecule has 0 saturated carbocycles. The highest BCUT2D eigenvalue weighted by Crippen LogP contribution is 2.22. The van der Waals surface area contributed by atoms with Crippen molar-refractivity contribution in [2.45, 2.75) is 19.3 Å².